The molecule has 0 fully saturated rings. The Morgan fingerprint density at radius 3 is 2.74 bits per heavy atom. The number of aliphatic carboxylic acids is 1. The van der Waals surface area contributed by atoms with E-state index in [0.29, 0.717) is 5.75 Å². The lowest BCUT2D eigenvalue weighted by Gasteiger charge is -1.99. The SMILES string of the molecule is O=C(O)CSCc1ccc2oc3ccccc3c2c1. The van der Waals surface area contributed by atoms with Crippen molar-refractivity contribution in [2.45, 2.75) is 5.75 Å². The maximum absolute atomic E-state index is 10.5. The second-order valence-electron chi connectivity index (χ2n) is 4.32. The molecule has 0 atom stereocenters. The molecule has 0 saturated heterocycles. The number of benzene rings is 2. The summed E-state index contributed by atoms with van der Waals surface area (Å²) >= 11 is 1.40. The van der Waals surface area contributed by atoms with Crippen molar-refractivity contribution in [2.24, 2.45) is 0 Å². The Hall–Kier alpha value is -1.94. The fourth-order valence-electron chi connectivity index (χ4n) is 2.12. The third-order valence-electron chi connectivity index (χ3n) is 2.94. The number of thioether (sulfide) groups is 1. The molecule has 1 aromatic heterocycles. The van der Waals surface area contributed by atoms with Crippen LogP contribution in [0.15, 0.2) is 46.9 Å². The maximum Gasteiger partial charge on any atom is 0.313 e. The van der Waals surface area contributed by atoms with Crippen LogP contribution in [0.2, 0.25) is 0 Å². The molecule has 0 saturated carbocycles. The maximum atomic E-state index is 10.5. The highest BCUT2D eigenvalue weighted by Gasteiger charge is 2.07. The van der Waals surface area contributed by atoms with Crippen LogP contribution in [-0.4, -0.2) is 16.8 Å². The van der Waals surface area contributed by atoms with Crippen molar-refractivity contribution in [3.63, 3.8) is 0 Å². The van der Waals surface area contributed by atoms with Crippen LogP contribution in [0.5, 0.6) is 0 Å². The van der Waals surface area contributed by atoms with Gasteiger partial charge in [0, 0.05) is 16.5 Å². The van der Waals surface area contributed by atoms with E-state index in [1.807, 2.05) is 36.4 Å². The van der Waals surface area contributed by atoms with Gasteiger partial charge in [-0.2, -0.15) is 0 Å². The minimum atomic E-state index is -0.778. The number of para-hydroxylation sites is 1. The molecular weight excluding hydrogens is 260 g/mol. The van der Waals surface area contributed by atoms with Crippen molar-refractivity contribution in [3.05, 3.63) is 48.0 Å². The van der Waals surface area contributed by atoms with Crippen molar-refractivity contribution in [1.82, 2.24) is 0 Å². The zero-order chi connectivity index (χ0) is 13.2. The molecule has 4 heteroatoms. The van der Waals surface area contributed by atoms with Crippen LogP contribution in [0.25, 0.3) is 21.9 Å². The van der Waals surface area contributed by atoms with Crippen LogP contribution in [-0.2, 0) is 10.5 Å². The van der Waals surface area contributed by atoms with E-state index in [4.69, 9.17) is 9.52 Å². The van der Waals surface area contributed by atoms with Gasteiger partial charge in [-0.1, -0.05) is 24.3 Å². The Kier molecular flexibility index (Phi) is 3.17. The van der Waals surface area contributed by atoms with E-state index >= 15 is 0 Å². The molecule has 1 heterocycles. The lowest BCUT2D eigenvalue weighted by molar-refractivity contribution is -0.133. The molecule has 0 aliphatic carbocycles. The Morgan fingerprint density at radius 2 is 1.89 bits per heavy atom. The molecule has 0 bridgehead atoms. The number of furan rings is 1. The highest BCUT2D eigenvalue weighted by Crippen LogP contribution is 2.29. The summed E-state index contributed by atoms with van der Waals surface area (Å²) in [4.78, 5) is 10.5. The molecule has 0 spiro atoms. The molecule has 1 N–H and O–H groups in total. The second kappa shape index (κ2) is 4.97. The number of hydrogen-bond donors (Lipinski definition) is 1. The average molecular weight is 272 g/mol. The Bertz CT molecular complexity index is 745. The van der Waals surface area contributed by atoms with Gasteiger partial charge in [-0.25, -0.2) is 0 Å². The van der Waals surface area contributed by atoms with Gasteiger partial charge in [-0.15, -0.1) is 11.8 Å². The summed E-state index contributed by atoms with van der Waals surface area (Å²) in [5.41, 5.74) is 2.87. The summed E-state index contributed by atoms with van der Waals surface area (Å²) in [6.07, 6.45) is 0. The summed E-state index contributed by atoms with van der Waals surface area (Å²) in [7, 11) is 0. The third-order valence-corrected chi connectivity index (χ3v) is 3.92. The Morgan fingerprint density at radius 1 is 1.11 bits per heavy atom. The molecule has 3 rings (SSSR count). The van der Waals surface area contributed by atoms with E-state index in [-0.39, 0.29) is 5.75 Å². The van der Waals surface area contributed by atoms with Crippen LogP contribution >= 0.6 is 11.8 Å². The summed E-state index contributed by atoms with van der Waals surface area (Å²) in [6.45, 7) is 0. The van der Waals surface area contributed by atoms with Gasteiger partial charge in [-0.3, -0.25) is 4.79 Å². The van der Waals surface area contributed by atoms with Gasteiger partial charge >= 0.3 is 5.97 Å². The van der Waals surface area contributed by atoms with Crippen LogP contribution < -0.4 is 0 Å². The predicted octanol–water partition coefficient (Wildman–Crippen LogP) is 3.90. The van der Waals surface area contributed by atoms with Crippen LogP contribution in [0.4, 0.5) is 0 Å². The van der Waals surface area contributed by atoms with Gasteiger partial charge in [-0.05, 0) is 23.8 Å². The van der Waals surface area contributed by atoms with E-state index in [1.54, 1.807) is 0 Å². The van der Waals surface area contributed by atoms with Crippen molar-refractivity contribution in [3.8, 4) is 0 Å². The fraction of sp³-hybridized carbons (Fsp3) is 0.133. The van der Waals surface area contributed by atoms with Crippen molar-refractivity contribution >= 4 is 39.7 Å². The van der Waals surface area contributed by atoms with Crippen molar-refractivity contribution in [2.75, 3.05) is 5.75 Å². The molecule has 0 radical (unpaired) electrons. The molecule has 3 aromatic rings. The van der Waals surface area contributed by atoms with Crippen molar-refractivity contribution < 1.29 is 14.3 Å². The van der Waals surface area contributed by atoms with Gasteiger partial charge in [0.1, 0.15) is 11.2 Å². The highest BCUT2D eigenvalue weighted by atomic mass is 32.2. The first-order valence-corrected chi connectivity index (χ1v) is 7.09. The zero-order valence-electron chi connectivity index (χ0n) is 10.1. The first-order valence-electron chi connectivity index (χ1n) is 5.94. The van der Waals surface area contributed by atoms with Crippen molar-refractivity contribution in [1.29, 1.82) is 0 Å². The fourth-order valence-corrected chi connectivity index (χ4v) is 2.81. The number of carboxylic acids is 1. The molecule has 96 valence electrons. The number of rotatable bonds is 4. The standard InChI is InChI=1S/C15H12O3S/c16-15(17)9-19-8-10-5-6-14-12(7-10)11-3-1-2-4-13(11)18-14/h1-7H,8-9H2,(H,16,17). The largest absolute Gasteiger partial charge is 0.481 e. The topological polar surface area (TPSA) is 50.4 Å². The molecule has 3 nitrogen and oxygen atoms in total. The average Bonchev–Trinajstić information content (AvgIpc) is 2.76. The molecule has 2 aromatic carbocycles. The van der Waals surface area contributed by atoms with Gasteiger partial charge in [0.2, 0.25) is 0 Å². The number of hydrogen-bond acceptors (Lipinski definition) is 3. The predicted molar refractivity (Wildman–Crippen MR) is 77.5 cm³/mol. The molecule has 0 aliphatic rings. The van der Waals surface area contributed by atoms with Gasteiger partial charge < -0.3 is 9.52 Å². The first-order chi connectivity index (χ1) is 9.24. The lowest BCUT2D eigenvalue weighted by Crippen LogP contribution is -1.98. The molecular formula is C15H12O3S. The number of carboxylic acid groups (broad SMARTS) is 1. The van der Waals surface area contributed by atoms with E-state index in [1.165, 1.54) is 11.8 Å². The third kappa shape index (κ3) is 2.44. The summed E-state index contributed by atoms with van der Waals surface area (Å²) in [5, 5.41) is 10.8. The summed E-state index contributed by atoms with van der Waals surface area (Å²) < 4.78 is 5.75. The monoisotopic (exact) mass is 272 g/mol. The highest BCUT2D eigenvalue weighted by molar-refractivity contribution is 7.99. The molecule has 19 heavy (non-hydrogen) atoms. The van der Waals surface area contributed by atoms with Gasteiger partial charge in [0.15, 0.2) is 0 Å². The van der Waals surface area contributed by atoms with Gasteiger partial charge in [0.25, 0.3) is 0 Å². The van der Waals surface area contributed by atoms with Crippen LogP contribution in [0.3, 0.4) is 0 Å². The molecule has 0 aliphatic heterocycles. The summed E-state index contributed by atoms with van der Waals surface area (Å²) in [5.74, 6) is 0.0474. The first kappa shape index (κ1) is 12.1. The van der Waals surface area contributed by atoms with Crippen LogP contribution in [0.1, 0.15) is 5.56 Å². The summed E-state index contributed by atoms with van der Waals surface area (Å²) in [6, 6.07) is 13.9. The minimum absolute atomic E-state index is 0.129. The van der Waals surface area contributed by atoms with E-state index < -0.39 is 5.97 Å². The van der Waals surface area contributed by atoms with E-state index in [0.717, 1.165) is 27.5 Å². The normalized spacial score (nSPS) is 11.2. The second-order valence-corrected chi connectivity index (χ2v) is 5.30. The van der Waals surface area contributed by atoms with E-state index in [2.05, 4.69) is 6.07 Å². The minimum Gasteiger partial charge on any atom is -0.481 e. The number of carbonyl (C=O) groups is 1. The molecule has 0 unspecified atom stereocenters. The smallest absolute Gasteiger partial charge is 0.313 e. The molecule has 0 amide bonds. The van der Waals surface area contributed by atoms with Gasteiger partial charge in [0.05, 0.1) is 5.75 Å². The quantitative estimate of drug-likeness (QED) is 0.782. The lowest BCUT2D eigenvalue weighted by atomic mass is 10.1. The zero-order valence-corrected chi connectivity index (χ0v) is 10.9. The number of fused-ring (bicyclic) bond motifs is 3. The van der Waals surface area contributed by atoms with E-state index in [9.17, 15) is 4.79 Å². The van der Waals surface area contributed by atoms with Crippen LogP contribution in [0, 0.1) is 0 Å². The Balaban J connectivity index is 1.95. The Labute approximate surface area is 114 Å².